The van der Waals surface area contributed by atoms with Gasteiger partial charge in [-0.3, -0.25) is 4.79 Å². The fraction of sp³-hybridized carbons (Fsp3) is 0.214. The van der Waals surface area contributed by atoms with Crippen LogP contribution < -0.4 is 10.9 Å². The van der Waals surface area contributed by atoms with Gasteiger partial charge in [-0.2, -0.15) is 0 Å². The number of nitrogens with zero attached hydrogens (tertiary/aromatic N) is 2. The number of thiophene rings is 1. The zero-order valence-electron chi connectivity index (χ0n) is 11.2. The summed E-state index contributed by atoms with van der Waals surface area (Å²) in [5.41, 5.74) is 3.46. The average molecular weight is 286 g/mol. The Morgan fingerprint density at radius 2 is 2.20 bits per heavy atom. The highest BCUT2D eigenvalue weighted by molar-refractivity contribution is 7.17. The molecule has 0 fully saturated rings. The monoisotopic (exact) mass is 286 g/mol. The summed E-state index contributed by atoms with van der Waals surface area (Å²) in [4.78, 5) is 23.2. The van der Waals surface area contributed by atoms with Crippen molar-refractivity contribution in [1.29, 1.82) is 0 Å². The van der Waals surface area contributed by atoms with Crippen molar-refractivity contribution < 1.29 is 0 Å². The molecule has 3 aromatic rings. The van der Waals surface area contributed by atoms with Crippen molar-refractivity contribution in [2.24, 2.45) is 0 Å². The minimum absolute atomic E-state index is 0.0496. The van der Waals surface area contributed by atoms with Gasteiger partial charge >= 0.3 is 0 Å². The molecule has 3 aromatic heterocycles. The van der Waals surface area contributed by atoms with Gasteiger partial charge in [0.25, 0.3) is 5.56 Å². The van der Waals surface area contributed by atoms with Crippen LogP contribution >= 0.6 is 11.3 Å². The molecule has 3 rings (SSSR count). The van der Waals surface area contributed by atoms with Gasteiger partial charge in [-0.1, -0.05) is 0 Å². The van der Waals surface area contributed by atoms with Gasteiger partial charge in [0.1, 0.15) is 12.1 Å². The van der Waals surface area contributed by atoms with Gasteiger partial charge < -0.3 is 10.3 Å². The van der Waals surface area contributed by atoms with Gasteiger partial charge in [0.05, 0.1) is 10.2 Å². The molecule has 0 amide bonds. The van der Waals surface area contributed by atoms with Crippen LogP contribution in [-0.4, -0.2) is 15.0 Å². The second-order valence-electron chi connectivity index (χ2n) is 4.65. The van der Waals surface area contributed by atoms with E-state index in [4.69, 9.17) is 0 Å². The largest absolute Gasteiger partial charge is 0.364 e. The van der Waals surface area contributed by atoms with Crippen LogP contribution in [0.5, 0.6) is 0 Å². The zero-order chi connectivity index (χ0) is 14.1. The SMILES string of the molecule is Cc1cc(C)c(CNc2ncnc3ccsc23)c(=O)[nH]1. The smallest absolute Gasteiger partial charge is 0.253 e. The number of aromatic nitrogens is 3. The van der Waals surface area contributed by atoms with E-state index in [0.29, 0.717) is 6.54 Å². The molecule has 0 spiro atoms. The van der Waals surface area contributed by atoms with E-state index in [-0.39, 0.29) is 5.56 Å². The lowest BCUT2D eigenvalue weighted by molar-refractivity contribution is 1.00. The Hall–Kier alpha value is -2.21. The Labute approximate surface area is 119 Å². The van der Waals surface area contributed by atoms with Crippen LogP contribution in [0.15, 0.2) is 28.6 Å². The molecule has 102 valence electrons. The Bertz CT molecular complexity index is 821. The molecule has 0 aliphatic heterocycles. The topological polar surface area (TPSA) is 70.7 Å². The number of fused-ring (bicyclic) bond motifs is 1. The third-order valence-corrected chi connectivity index (χ3v) is 4.08. The molecule has 20 heavy (non-hydrogen) atoms. The van der Waals surface area contributed by atoms with Crippen LogP contribution in [0.4, 0.5) is 5.82 Å². The standard InChI is InChI=1S/C14H14N4OS/c1-8-5-9(2)18-14(19)10(8)6-15-13-12-11(3-4-20-12)16-7-17-13/h3-5,7H,6H2,1-2H3,(H,18,19)(H,15,16,17). The Kier molecular flexibility index (Phi) is 3.23. The molecule has 3 heterocycles. The predicted molar refractivity (Wildman–Crippen MR) is 81.3 cm³/mol. The summed E-state index contributed by atoms with van der Waals surface area (Å²) < 4.78 is 1.01. The molecule has 0 aliphatic carbocycles. The molecule has 0 saturated heterocycles. The van der Waals surface area contributed by atoms with E-state index in [1.807, 2.05) is 31.4 Å². The number of aryl methyl sites for hydroxylation is 2. The summed E-state index contributed by atoms with van der Waals surface area (Å²) in [6.07, 6.45) is 1.53. The number of hydrogen-bond donors (Lipinski definition) is 2. The van der Waals surface area contributed by atoms with Crippen LogP contribution in [-0.2, 0) is 6.54 Å². The quantitative estimate of drug-likeness (QED) is 0.776. The second kappa shape index (κ2) is 5.05. The maximum absolute atomic E-state index is 12.0. The first-order chi connectivity index (χ1) is 9.65. The van der Waals surface area contributed by atoms with E-state index < -0.39 is 0 Å². The molecule has 0 aromatic carbocycles. The number of hydrogen-bond acceptors (Lipinski definition) is 5. The first-order valence-corrected chi connectivity index (χ1v) is 7.14. The van der Waals surface area contributed by atoms with Gasteiger partial charge in [-0.05, 0) is 36.9 Å². The minimum atomic E-state index is -0.0496. The lowest BCUT2D eigenvalue weighted by Crippen LogP contribution is -2.18. The van der Waals surface area contributed by atoms with E-state index >= 15 is 0 Å². The zero-order valence-corrected chi connectivity index (χ0v) is 12.0. The van der Waals surface area contributed by atoms with E-state index in [2.05, 4.69) is 20.3 Å². The van der Waals surface area contributed by atoms with E-state index in [1.165, 1.54) is 6.33 Å². The molecule has 0 bridgehead atoms. The molecular weight excluding hydrogens is 272 g/mol. The highest BCUT2D eigenvalue weighted by Gasteiger charge is 2.08. The molecule has 0 aliphatic rings. The summed E-state index contributed by atoms with van der Waals surface area (Å²) >= 11 is 1.59. The summed E-state index contributed by atoms with van der Waals surface area (Å²) in [7, 11) is 0. The van der Waals surface area contributed by atoms with Crippen molar-refractivity contribution in [3.05, 3.63) is 51.0 Å². The average Bonchev–Trinajstić information content (AvgIpc) is 2.86. The third kappa shape index (κ3) is 2.30. The number of aromatic amines is 1. The van der Waals surface area contributed by atoms with Gasteiger partial charge in [0.15, 0.2) is 0 Å². The summed E-state index contributed by atoms with van der Waals surface area (Å²) in [5.74, 6) is 0.768. The summed E-state index contributed by atoms with van der Waals surface area (Å²) in [6.45, 7) is 4.27. The minimum Gasteiger partial charge on any atom is -0.364 e. The molecule has 0 radical (unpaired) electrons. The van der Waals surface area contributed by atoms with Crippen molar-refractivity contribution in [3.63, 3.8) is 0 Å². The van der Waals surface area contributed by atoms with Gasteiger partial charge in [0.2, 0.25) is 0 Å². The first kappa shape index (κ1) is 12.8. The van der Waals surface area contributed by atoms with E-state index in [9.17, 15) is 4.79 Å². The predicted octanol–water partition coefficient (Wildman–Crippen LogP) is 2.61. The van der Waals surface area contributed by atoms with Crippen LogP contribution in [0.25, 0.3) is 10.2 Å². The van der Waals surface area contributed by atoms with Crippen molar-refractivity contribution >= 4 is 27.4 Å². The van der Waals surface area contributed by atoms with Crippen LogP contribution in [0.2, 0.25) is 0 Å². The van der Waals surface area contributed by atoms with E-state index in [0.717, 1.165) is 32.9 Å². The van der Waals surface area contributed by atoms with Gasteiger partial charge in [-0.25, -0.2) is 9.97 Å². The highest BCUT2D eigenvalue weighted by Crippen LogP contribution is 2.25. The van der Waals surface area contributed by atoms with E-state index in [1.54, 1.807) is 11.3 Å². The Balaban J connectivity index is 1.91. The normalized spacial score (nSPS) is 10.9. The molecule has 0 atom stereocenters. The summed E-state index contributed by atoms with van der Waals surface area (Å²) in [6, 6.07) is 3.93. The number of nitrogens with one attached hydrogen (secondary N) is 2. The lowest BCUT2D eigenvalue weighted by Gasteiger charge is -2.08. The molecule has 6 heteroatoms. The Morgan fingerprint density at radius 1 is 1.35 bits per heavy atom. The molecule has 0 saturated carbocycles. The first-order valence-electron chi connectivity index (χ1n) is 6.26. The second-order valence-corrected chi connectivity index (χ2v) is 5.57. The van der Waals surface area contributed by atoms with Crippen molar-refractivity contribution in [1.82, 2.24) is 15.0 Å². The number of rotatable bonds is 3. The van der Waals surface area contributed by atoms with Crippen LogP contribution in [0.3, 0.4) is 0 Å². The maximum atomic E-state index is 12.0. The fourth-order valence-corrected chi connectivity index (χ4v) is 3.00. The molecule has 5 nitrogen and oxygen atoms in total. The summed E-state index contributed by atoms with van der Waals surface area (Å²) in [5, 5.41) is 5.21. The van der Waals surface area contributed by atoms with Crippen molar-refractivity contribution in [2.75, 3.05) is 5.32 Å². The highest BCUT2D eigenvalue weighted by atomic mass is 32.1. The molecular formula is C14H14N4OS. The third-order valence-electron chi connectivity index (χ3n) is 3.17. The van der Waals surface area contributed by atoms with Gasteiger partial charge in [0, 0.05) is 17.8 Å². The maximum Gasteiger partial charge on any atom is 0.253 e. The number of H-pyrrole nitrogens is 1. The van der Waals surface area contributed by atoms with Crippen LogP contribution in [0.1, 0.15) is 16.8 Å². The van der Waals surface area contributed by atoms with Crippen molar-refractivity contribution in [2.45, 2.75) is 20.4 Å². The number of anilines is 1. The van der Waals surface area contributed by atoms with Crippen LogP contribution in [0, 0.1) is 13.8 Å². The lowest BCUT2D eigenvalue weighted by atomic mass is 10.1. The van der Waals surface area contributed by atoms with Crippen molar-refractivity contribution in [3.8, 4) is 0 Å². The Morgan fingerprint density at radius 3 is 3.00 bits per heavy atom. The number of pyridine rings is 1. The molecule has 0 unspecified atom stereocenters. The molecule has 2 N–H and O–H groups in total. The van der Waals surface area contributed by atoms with Gasteiger partial charge in [-0.15, -0.1) is 11.3 Å². The fourth-order valence-electron chi connectivity index (χ4n) is 2.19.